The second-order valence-corrected chi connectivity index (χ2v) is 13.7. The van der Waals surface area contributed by atoms with E-state index in [-0.39, 0.29) is 11.5 Å². The Morgan fingerprint density at radius 2 is 1.55 bits per heavy atom. The molecule has 4 saturated carbocycles. The van der Waals surface area contributed by atoms with Crippen molar-refractivity contribution in [2.45, 2.75) is 119 Å². The first-order chi connectivity index (χ1) is 14.4. The summed E-state index contributed by atoms with van der Waals surface area (Å²) in [7, 11) is 0. The van der Waals surface area contributed by atoms with Crippen molar-refractivity contribution in [2.75, 3.05) is 0 Å². The summed E-state index contributed by atoms with van der Waals surface area (Å²) in [5, 5.41) is 10.8. The van der Waals surface area contributed by atoms with E-state index >= 15 is 0 Å². The molecule has 0 radical (unpaired) electrons. The number of aliphatic hydroxyl groups is 1. The van der Waals surface area contributed by atoms with E-state index in [2.05, 4.69) is 61.1 Å². The molecule has 0 bridgehead atoms. The van der Waals surface area contributed by atoms with Crippen molar-refractivity contribution >= 4 is 0 Å². The second kappa shape index (κ2) is 7.75. The summed E-state index contributed by atoms with van der Waals surface area (Å²) in [6.07, 6.45) is 15.0. The quantitative estimate of drug-likeness (QED) is 0.448. The van der Waals surface area contributed by atoms with Crippen LogP contribution in [0.1, 0.15) is 113 Å². The van der Waals surface area contributed by atoms with Gasteiger partial charge in [0.25, 0.3) is 0 Å². The van der Waals surface area contributed by atoms with Crippen LogP contribution >= 0.6 is 0 Å². The molecule has 0 aromatic heterocycles. The van der Waals surface area contributed by atoms with Crippen LogP contribution in [0.2, 0.25) is 0 Å². The molecule has 0 aromatic carbocycles. The van der Waals surface area contributed by atoms with Gasteiger partial charge in [0.2, 0.25) is 0 Å². The molecule has 4 aliphatic rings. The molecular formula is C30H50O. The van der Waals surface area contributed by atoms with Gasteiger partial charge in [-0.1, -0.05) is 58.4 Å². The summed E-state index contributed by atoms with van der Waals surface area (Å²) in [6, 6.07) is 0. The van der Waals surface area contributed by atoms with E-state index in [0.29, 0.717) is 22.2 Å². The highest BCUT2D eigenvalue weighted by atomic mass is 16.3. The Bertz CT molecular complexity index is 742. The van der Waals surface area contributed by atoms with Gasteiger partial charge in [0.15, 0.2) is 0 Å². The van der Waals surface area contributed by atoms with Gasteiger partial charge in [-0.2, -0.15) is 0 Å². The highest BCUT2D eigenvalue weighted by molar-refractivity contribution is 5.20. The normalized spacial score (nSPS) is 48.3. The van der Waals surface area contributed by atoms with Crippen LogP contribution in [0.5, 0.6) is 0 Å². The third-order valence-electron chi connectivity index (χ3n) is 11.9. The Morgan fingerprint density at radius 3 is 2.23 bits per heavy atom. The molecule has 176 valence electrons. The third-order valence-corrected chi connectivity index (χ3v) is 11.9. The molecule has 0 aromatic rings. The van der Waals surface area contributed by atoms with Gasteiger partial charge < -0.3 is 5.11 Å². The van der Waals surface area contributed by atoms with E-state index in [1.165, 1.54) is 62.5 Å². The summed E-state index contributed by atoms with van der Waals surface area (Å²) in [5.41, 5.74) is 4.31. The van der Waals surface area contributed by atoms with Gasteiger partial charge in [0.05, 0.1) is 6.10 Å². The van der Waals surface area contributed by atoms with Gasteiger partial charge in [-0.3, -0.25) is 0 Å². The minimum atomic E-state index is -0.123. The van der Waals surface area contributed by atoms with Crippen LogP contribution in [0.4, 0.5) is 0 Å². The average Bonchev–Trinajstić information content (AvgIpc) is 3.03. The van der Waals surface area contributed by atoms with E-state index in [9.17, 15) is 5.11 Å². The minimum absolute atomic E-state index is 0.0590. The zero-order chi connectivity index (χ0) is 22.8. The van der Waals surface area contributed by atoms with Crippen molar-refractivity contribution in [2.24, 2.45) is 45.3 Å². The number of hydrogen-bond donors (Lipinski definition) is 1. The molecule has 1 nitrogen and oxygen atoms in total. The second-order valence-electron chi connectivity index (χ2n) is 13.7. The molecule has 0 aliphatic heterocycles. The number of aliphatic hydroxyl groups excluding tert-OH is 1. The minimum Gasteiger partial charge on any atom is -0.393 e. The van der Waals surface area contributed by atoms with Crippen LogP contribution < -0.4 is 0 Å². The molecule has 1 N–H and O–H groups in total. The summed E-state index contributed by atoms with van der Waals surface area (Å²) >= 11 is 0. The van der Waals surface area contributed by atoms with Crippen molar-refractivity contribution in [3.8, 4) is 0 Å². The first-order valence-corrected chi connectivity index (χ1v) is 13.4. The number of fused-ring (bicyclic) bond motifs is 5. The van der Waals surface area contributed by atoms with E-state index < -0.39 is 0 Å². The third kappa shape index (κ3) is 3.34. The van der Waals surface area contributed by atoms with Gasteiger partial charge in [0, 0.05) is 0 Å². The van der Waals surface area contributed by atoms with E-state index in [4.69, 9.17) is 0 Å². The van der Waals surface area contributed by atoms with E-state index in [1.807, 2.05) is 0 Å². The molecule has 0 heterocycles. The largest absolute Gasteiger partial charge is 0.393 e. The van der Waals surface area contributed by atoms with Gasteiger partial charge in [0.1, 0.15) is 0 Å². The zero-order valence-electron chi connectivity index (χ0n) is 21.7. The van der Waals surface area contributed by atoms with Crippen molar-refractivity contribution in [1.82, 2.24) is 0 Å². The molecule has 0 spiro atoms. The van der Waals surface area contributed by atoms with E-state index in [0.717, 1.165) is 30.6 Å². The first-order valence-electron chi connectivity index (χ1n) is 13.4. The SMILES string of the molecule is C=C(CCC=C(C)C)[C@@H]1CC[C@@]2(C)[C@H]1CC[C@H]1[C@@]3(C)CC[C@H](O)C(C)(C)[C@@H]3CC[C@@]12C. The lowest BCUT2D eigenvalue weighted by Crippen LogP contribution is -2.63. The molecule has 0 saturated heterocycles. The summed E-state index contributed by atoms with van der Waals surface area (Å²) in [4.78, 5) is 0. The van der Waals surface area contributed by atoms with Crippen molar-refractivity contribution in [1.29, 1.82) is 0 Å². The Labute approximate surface area is 193 Å². The maximum atomic E-state index is 10.8. The number of rotatable bonds is 4. The lowest BCUT2D eigenvalue weighted by molar-refractivity contribution is -0.220. The predicted octanol–water partition coefficient (Wildman–Crippen LogP) is 8.34. The molecule has 4 aliphatic carbocycles. The van der Waals surface area contributed by atoms with Crippen molar-refractivity contribution < 1.29 is 5.11 Å². The summed E-state index contributed by atoms with van der Waals surface area (Å²) in [6.45, 7) is 21.8. The highest BCUT2D eigenvalue weighted by Gasteiger charge is 2.68. The van der Waals surface area contributed by atoms with Crippen LogP contribution in [-0.4, -0.2) is 11.2 Å². The lowest BCUT2D eigenvalue weighted by Gasteiger charge is -2.69. The molecule has 8 atom stereocenters. The lowest BCUT2D eigenvalue weighted by atomic mass is 9.35. The molecular weight excluding hydrogens is 376 g/mol. The molecule has 4 rings (SSSR count). The fourth-order valence-corrected chi connectivity index (χ4v) is 9.95. The fourth-order valence-electron chi connectivity index (χ4n) is 9.95. The topological polar surface area (TPSA) is 20.2 Å². The molecule has 0 amide bonds. The smallest absolute Gasteiger partial charge is 0.0594 e. The maximum absolute atomic E-state index is 10.8. The zero-order valence-corrected chi connectivity index (χ0v) is 21.7. The van der Waals surface area contributed by atoms with Gasteiger partial charge in [-0.25, -0.2) is 0 Å². The van der Waals surface area contributed by atoms with Crippen molar-refractivity contribution in [3.05, 3.63) is 23.8 Å². The summed E-state index contributed by atoms with van der Waals surface area (Å²) in [5.74, 6) is 3.04. The Morgan fingerprint density at radius 1 is 0.871 bits per heavy atom. The Balaban J connectivity index is 1.59. The predicted molar refractivity (Wildman–Crippen MR) is 133 cm³/mol. The van der Waals surface area contributed by atoms with Crippen molar-refractivity contribution in [3.63, 3.8) is 0 Å². The summed E-state index contributed by atoms with van der Waals surface area (Å²) < 4.78 is 0. The molecule has 31 heavy (non-hydrogen) atoms. The van der Waals surface area contributed by atoms with Gasteiger partial charge in [-0.15, -0.1) is 0 Å². The first kappa shape index (κ1) is 23.6. The van der Waals surface area contributed by atoms with E-state index in [1.54, 1.807) is 0 Å². The molecule has 1 heteroatoms. The number of allylic oxidation sites excluding steroid dienone is 3. The average molecular weight is 427 g/mol. The molecule has 0 unspecified atom stereocenters. The van der Waals surface area contributed by atoms with Crippen LogP contribution in [-0.2, 0) is 0 Å². The Hall–Kier alpha value is -0.560. The monoisotopic (exact) mass is 426 g/mol. The van der Waals surface area contributed by atoms with Gasteiger partial charge in [-0.05, 0) is 123 Å². The van der Waals surface area contributed by atoms with Crippen LogP contribution in [0.25, 0.3) is 0 Å². The highest BCUT2D eigenvalue weighted by Crippen LogP contribution is 2.75. The van der Waals surface area contributed by atoms with Crippen LogP contribution in [0.15, 0.2) is 23.8 Å². The molecule has 4 fully saturated rings. The van der Waals surface area contributed by atoms with Gasteiger partial charge >= 0.3 is 0 Å². The Kier molecular flexibility index (Phi) is 5.90. The maximum Gasteiger partial charge on any atom is 0.0594 e. The fraction of sp³-hybridized carbons (Fsp3) is 0.867. The van der Waals surface area contributed by atoms with Crippen LogP contribution in [0.3, 0.4) is 0 Å². The van der Waals surface area contributed by atoms with Crippen LogP contribution in [0, 0.1) is 45.3 Å². The standard InChI is InChI=1S/C30H50O/c1-20(2)10-9-11-21(3)22-14-18-29(7)23(22)12-13-25-28(6)17-16-26(31)27(4,5)24(28)15-19-30(25,29)8/h10,22-26,31H,3,9,11-19H2,1-2,4-8H3/t22-,23-,24-,25-,26-,28-,29-,30-/m0/s1. The number of hydrogen-bond acceptors (Lipinski definition) is 1.